The summed E-state index contributed by atoms with van der Waals surface area (Å²) >= 11 is 0. The summed E-state index contributed by atoms with van der Waals surface area (Å²) in [5, 5.41) is 9.59. The van der Waals surface area contributed by atoms with Crippen molar-refractivity contribution in [3.05, 3.63) is 59.9 Å². The molecule has 2 heterocycles. The fraction of sp³-hybridized carbons (Fsp3) is 0.478. The molecule has 1 saturated heterocycles. The van der Waals surface area contributed by atoms with E-state index in [1.54, 1.807) is 12.1 Å². The van der Waals surface area contributed by atoms with E-state index in [1.165, 1.54) is 28.9 Å². The highest BCUT2D eigenvalue weighted by Crippen LogP contribution is 2.48. The molecule has 1 aliphatic carbocycles. The van der Waals surface area contributed by atoms with Gasteiger partial charge < -0.3 is 5.11 Å². The highest BCUT2D eigenvalue weighted by atomic mass is 32.2. The molecule has 2 aliphatic rings. The average molecular weight is 444 g/mol. The van der Waals surface area contributed by atoms with Crippen LogP contribution in [0.3, 0.4) is 0 Å². The molecule has 2 aromatic rings. The van der Waals surface area contributed by atoms with E-state index < -0.39 is 10.0 Å². The summed E-state index contributed by atoms with van der Waals surface area (Å²) < 4.78 is 28.1. The number of piperazine rings is 1. The number of aromatic nitrogens is 1. The van der Waals surface area contributed by atoms with E-state index in [4.69, 9.17) is 0 Å². The SMILES string of the molecule is CC(=O)c1ccc(S(=O)(=O)N2CCN(CC3(c4ccncc4)CC3)CC2CCO)cc1. The predicted octanol–water partition coefficient (Wildman–Crippen LogP) is 2.07. The highest BCUT2D eigenvalue weighted by molar-refractivity contribution is 7.89. The van der Waals surface area contributed by atoms with Gasteiger partial charge in [0.05, 0.1) is 4.90 Å². The minimum Gasteiger partial charge on any atom is -0.396 e. The summed E-state index contributed by atoms with van der Waals surface area (Å²) in [7, 11) is -3.70. The van der Waals surface area contributed by atoms with Gasteiger partial charge in [-0.3, -0.25) is 14.7 Å². The Morgan fingerprint density at radius 2 is 1.81 bits per heavy atom. The van der Waals surface area contributed by atoms with E-state index >= 15 is 0 Å². The van der Waals surface area contributed by atoms with Crippen LogP contribution in [-0.2, 0) is 15.4 Å². The normalized spacial score (nSPS) is 21.7. The number of hydrogen-bond acceptors (Lipinski definition) is 6. The maximum atomic E-state index is 13.3. The number of benzene rings is 1. The molecule has 0 bridgehead atoms. The smallest absolute Gasteiger partial charge is 0.243 e. The van der Waals surface area contributed by atoms with Crippen LogP contribution in [0.25, 0.3) is 0 Å². The lowest BCUT2D eigenvalue weighted by Crippen LogP contribution is -2.56. The zero-order valence-corrected chi connectivity index (χ0v) is 18.6. The molecular formula is C23H29N3O4S. The lowest BCUT2D eigenvalue weighted by atomic mass is 9.95. The fourth-order valence-corrected chi connectivity index (χ4v) is 6.20. The fourth-order valence-electron chi connectivity index (χ4n) is 4.57. The number of hydrogen-bond donors (Lipinski definition) is 1. The molecule has 166 valence electrons. The number of aliphatic hydroxyl groups is 1. The second kappa shape index (κ2) is 8.78. The number of pyridine rings is 1. The number of Topliss-reactive ketones (excluding diaryl/α,β-unsaturated/α-hetero) is 1. The zero-order valence-electron chi connectivity index (χ0n) is 17.8. The average Bonchev–Trinajstić information content (AvgIpc) is 3.55. The summed E-state index contributed by atoms with van der Waals surface area (Å²) in [6, 6.07) is 9.96. The summed E-state index contributed by atoms with van der Waals surface area (Å²) in [5.41, 5.74) is 1.92. The van der Waals surface area contributed by atoms with E-state index in [9.17, 15) is 18.3 Å². The van der Waals surface area contributed by atoms with Crippen molar-refractivity contribution in [1.82, 2.24) is 14.2 Å². The van der Waals surface area contributed by atoms with Crippen LogP contribution in [0.2, 0.25) is 0 Å². The van der Waals surface area contributed by atoms with Crippen molar-refractivity contribution in [3.8, 4) is 0 Å². The lowest BCUT2D eigenvalue weighted by Gasteiger charge is -2.41. The summed E-state index contributed by atoms with van der Waals surface area (Å²) in [6.45, 7) is 3.91. The van der Waals surface area contributed by atoms with Gasteiger partial charge >= 0.3 is 0 Å². The third-order valence-corrected chi connectivity index (χ3v) is 8.48. The number of carbonyl (C=O) groups excluding carboxylic acids is 1. The quantitative estimate of drug-likeness (QED) is 0.628. The van der Waals surface area contributed by atoms with Gasteiger partial charge in [0.15, 0.2) is 5.78 Å². The van der Waals surface area contributed by atoms with Gasteiger partial charge in [0.1, 0.15) is 0 Å². The van der Waals surface area contributed by atoms with Crippen molar-refractivity contribution >= 4 is 15.8 Å². The minimum absolute atomic E-state index is 0.0662. The number of rotatable bonds is 8. The number of aliphatic hydroxyl groups excluding tert-OH is 1. The number of ketones is 1. The first-order valence-corrected chi connectivity index (χ1v) is 12.2. The second-order valence-electron chi connectivity index (χ2n) is 8.61. The molecule has 2 fully saturated rings. The van der Waals surface area contributed by atoms with Crippen molar-refractivity contribution in [2.24, 2.45) is 0 Å². The molecule has 31 heavy (non-hydrogen) atoms. The molecule has 7 nitrogen and oxygen atoms in total. The van der Waals surface area contributed by atoms with Gasteiger partial charge in [-0.1, -0.05) is 12.1 Å². The van der Waals surface area contributed by atoms with Crippen molar-refractivity contribution in [1.29, 1.82) is 0 Å². The largest absolute Gasteiger partial charge is 0.396 e. The van der Waals surface area contributed by atoms with Gasteiger partial charge in [-0.05, 0) is 56.0 Å². The zero-order chi connectivity index (χ0) is 22.1. The van der Waals surface area contributed by atoms with E-state index in [0.717, 1.165) is 19.4 Å². The Bertz CT molecular complexity index is 1020. The first-order valence-electron chi connectivity index (χ1n) is 10.7. The van der Waals surface area contributed by atoms with Crippen LogP contribution in [0.5, 0.6) is 0 Å². The van der Waals surface area contributed by atoms with Gasteiger partial charge in [-0.2, -0.15) is 4.31 Å². The van der Waals surface area contributed by atoms with Crippen molar-refractivity contribution in [3.63, 3.8) is 0 Å². The van der Waals surface area contributed by atoms with Crippen LogP contribution < -0.4 is 0 Å². The van der Waals surface area contributed by atoms with E-state index in [-0.39, 0.29) is 28.7 Å². The van der Waals surface area contributed by atoms with E-state index in [0.29, 0.717) is 31.6 Å². The molecule has 1 saturated carbocycles. The lowest BCUT2D eigenvalue weighted by molar-refractivity contribution is 0.101. The van der Waals surface area contributed by atoms with E-state index in [1.807, 2.05) is 12.4 Å². The second-order valence-corrected chi connectivity index (χ2v) is 10.5. The molecule has 0 radical (unpaired) electrons. The summed E-state index contributed by atoms with van der Waals surface area (Å²) in [4.78, 5) is 18.1. The monoisotopic (exact) mass is 443 g/mol. The number of nitrogens with zero attached hydrogens (tertiary/aromatic N) is 3. The molecule has 8 heteroatoms. The molecule has 1 aromatic heterocycles. The molecule has 0 amide bonds. The van der Waals surface area contributed by atoms with Gasteiger partial charge in [-0.15, -0.1) is 0 Å². The molecule has 1 aromatic carbocycles. The third-order valence-electron chi connectivity index (χ3n) is 6.52. The van der Waals surface area contributed by atoms with Crippen molar-refractivity contribution < 1.29 is 18.3 Å². The van der Waals surface area contributed by atoms with E-state index in [2.05, 4.69) is 22.0 Å². The summed E-state index contributed by atoms with van der Waals surface area (Å²) in [6.07, 6.45) is 6.30. The predicted molar refractivity (Wildman–Crippen MR) is 117 cm³/mol. The van der Waals surface area contributed by atoms with Crippen molar-refractivity contribution in [2.45, 2.75) is 42.5 Å². The first kappa shape index (κ1) is 22.1. The third kappa shape index (κ3) is 4.57. The van der Waals surface area contributed by atoms with Gasteiger partial charge in [0.25, 0.3) is 0 Å². The molecule has 0 spiro atoms. The first-order chi connectivity index (χ1) is 14.9. The topological polar surface area (TPSA) is 90.8 Å². The number of sulfonamides is 1. The number of carbonyl (C=O) groups is 1. The minimum atomic E-state index is -3.70. The van der Waals surface area contributed by atoms with Gasteiger partial charge in [0.2, 0.25) is 10.0 Å². The Kier molecular flexibility index (Phi) is 6.25. The molecule has 1 N–H and O–H groups in total. The Morgan fingerprint density at radius 3 is 2.39 bits per heavy atom. The van der Waals surface area contributed by atoms with Crippen LogP contribution in [0.15, 0.2) is 53.7 Å². The van der Waals surface area contributed by atoms with Crippen LogP contribution in [-0.4, -0.2) is 72.3 Å². The van der Waals surface area contributed by atoms with Gasteiger partial charge in [-0.25, -0.2) is 8.42 Å². The molecule has 4 rings (SSSR count). The Labute approximate surface area is 183 Å². The maximum absolute atomic E-state index is 13.3. The van der Waals surface area contributed by atoms with Gasteiger partial charge in [0, 0.05) is 62.2 Å². The summed E-state index contributed by atoms with van der Waals surface area (Å²) in [5.74, 6) is -0.0982. The maximum Gasteiger partial charge on any atom is 0.243 e. The Balaban J connectivity index is 1.50. The van der Waals surface area contributed by atoms with Crippen molar-refractivity contribution in [2.75, 3.05) is 32.8 Å². The van der Waals surface area contributed by atoms with Crippen LogP contribution in [0.1, 0.15) is 42.1 Å². The highest BCUT2D eigenvalue weighted by Gasteiger charge is 2.47. The molecule has 1 aliphatic heterocycles. The standard InChI is InChI=1S/C23H29N3O4S/c1-18(28)19-2-4-22(5-3-19)31(29,30)26-14-13-25(16-21(26)8-15-27)17-23(9-10-23)20-6-11-24-12-7-20/h2-7,11-12,21,27H,8-10,13-17H2,1H3. The Hall–Kier alpha value is -2.13. The van der Waals surface area contributed by atoms with Crippen LogP contribution in [0.4, 0.5) is 0 Å². The molecular weight excluding hydrogens is 414 g/mol. The molecule has 1 unspecified atom stereocenters. The van der Waals surface area contributed by atoms with Crippen LogP contribution >= 0.6 is 0 Å². The van der Waals surface area contributed by atoms with Crippen LogP contribution in [0, 0.1) is 0 Å². The molecule has 1 atom stereocenters. The Morgan fingerprint density at radius 1 is 1.13 bits per heavy atom.